The molecule has 2 aromatic carbocycles. The molecule has 2 heterocycles. The summed E-state index contributed by atoms with van der Waals surface area (Å²) < 4.78 is 0. The van der Waals surface area contributed by atoms with E-state index in [9.17, 15) is 14.7 Å². The molecular formula is C38H50ClN5O3. The van der Waals surface area contributed by atoms with Crippen molar-refractivity contribution in [1.82, 2.24) is 15.3 Å². The fourth-order valence-electron chi connectivity index (χ4n) is 7.00. The monoisotopic (exact) mass is 659 g/mol. The zero-order valence-corrected chi connectivity index (χ0v) is 28.5. The third kappa shape index (κ3) is 9.86. The number of aryl methyl sites for hydroxylation is 1. The summed E-state index contributed by atoms with van der Waals surface area (Å²) in [5.41, 5.74) is 6.58. The van der Waals surface area contributed by atoms with Gasteiger partial charge in [-0.05, 0) is 98.9 Å². The molecule has 1 aliphatic rings. The van der Waals surface area contributed by atoms with Gasteiger partial charge in [0.15, 0.2) is 0 Å². The molecule has 0 bridgehead atoms. The lowest BCUT2D eigenvalue weighted by atomic mass is 9.92. The van der Waals surface area contributed by atoms with Crippen LogP contribution < -0.4 is 15.5 Å². The highest BCUT2D eigenvalue weighted by atomic mass is 35.5. The van der Waals surface area contributed by atoms with Crippen LogP contribution in [0.25, 0.3) is 21.8 Å². The van der Waals surface area contributed by atoms with Crippen LogP contribution in [0.15, 0.2) is 48.7 Å². The summed E-state index contributed by atoms with van der Waals surface area (Å²) in [5.74, 6) is 0.334. The van der Waals surface area contributed by atoms with Gasteiger partial charge in [-0.3, -0.25) is 14.7 Å². The van der Waals surface area contributed by atoms with E-state index in [1.54, 1.807) is 6.92 Å². The summed E-state index contributed by atoms with van der Waals surface area (Å²) >= 11 is 6.28. The lowest BCUT2D eigenvalue weighted by Gasteiger charge is -2.23. The standard InChI is InChI=1S/C38H50ClN5O3/c1-27(45)40-22-18-28(20-24-44(38(46)47)31-15-17-34-29(25-31)19-23-41-34)11-7-5-3-2-4-6-10-21-42-37-32-12-8-9-13-35(32)43-36-26-30(39)14-16-33(36)37/h14-17,19,23,25-26,28,41H,2-13,18,20-22,24H2,1H3,(H,40,45)(H,42,43)(H,46,47). The van der Waals surface area contributed by atoms with Crippen LogP contribution in [-0.4, -0.2) is 46.7 Å². The molecule has 2 aromatic heterocycles. The summed E-state index contributed by atoms with van der Waals surface area (Å²) in [6.07, 6.45) is 16.5. The van der Waals surface area contributed by atoms with Gasteiger partial charge in [0.05, 0.1) is 5.52 Å². The number of fused-ring (bicyclic) bond motifs is 3. The number of hydrogen-bond donors (Lipinski definition) is 4. The number of halogens is 1. The number of rotatable bonds is 18. The van der Waals surface area contributed by atoms with Crippen molar-refractivity contribution in [3.8, 4) is 0 Å². The van der Waals surface area contributed by atoms with E-state index in [1.165, 1.54) is 72.2 Å². The molecule has 0 radical (unpaired) electrons. The minimum atomic E-state index is -0.936. The Balaban J connectivity index is 1.02. The highest BCUT2D eigenvalue weighted by Crippen LogP contribution is 2.34. The Hall–Kier alpha value is -3.78. The Kier molecular flexibility index (Phi) is 12.8. The Morgan fingerprint density at radius 3 is 2.53 bits per heavy atom. The van der Waals surface area contributed by atoms with Gasteiger partial charge in [-0.1, -0.05) is 56.5 Å². The third-order valence-electron chi connectivity index (χ3n) is 9.58. The van der Waals surface area contributed by atoms with Gasteiger partial charge < -0.3 is 20.7 Å². The molecule has 1 aliphatic carbocycles. The number of H-pyrrole nitrogens is 1. The smallest absolute Gasteiger partial charge is 0.411 e. The number of nitrogens with one attached hydrogen (secondary N) is 3. The number of aromatic nitrogens is 2. The van der Waals surface area contributed by atoms with Crippen molar-refractivity contribution in [1.29, 1.82) is 0 Å². The van der Waals surface area contributed by atoms with Crippen LogP contribution in [0.2, 0.25) is 5.02 Å². The number of carboxylic acid groups (broad SMARTS) is 1. The van der Waals surface area contributed by atoms with Gasteiger partial charge in [0, 0.05) is 71.1 Å². The molecule has 5 rings (SSSR count). The fourth-order valence-corrected chi connectivity index (χ4v) is 7.16. The van der Waals surface area contributed by atoms with Crippen molar-refractivity contribution < 1.29 is 14.7 Å². The Morgan fingerprint density at radius 1 is 0.936 bits per heavy atom. The van der Waals surface area contributed by atoms with Crippen molar-refractivity contribution in [2.75, 3.05) is 29.9 Å². The second kappa shape index (κ2) is 17.4. The van der Waals surface area contributed by atoms with E-state index in [0.717, 1.165) is 72.9 Å². The van der Waals surface area contributed by atoms with Crippen molar-refractivity contribution in [3.05, 3.63) is 64.9 Å². The van der Waals surface area contributed by atoms with Gasteiger partial charge in [-0.25, -0.2) is 4.79 Å². The number of nitrogens with zero attached hydrogens (tertiary/aromatic N) is 2. The maximum Gasteiger partial charge on any atom is 0.411 e. The maximum atomic E-state index is 12.2. The maximum absolute atomic E-state index is 12.2. The van der Waals surface area contributed by atoms with Gasteiger partial charge in [-0.2, -0.15) is 0 Å². The second-order valence-corrected chi connectivity index (χ2v) is 13.5. The Labute approximate surface area is 283 Å². The molecule has 0 fully saturated rings. The minimum absolute atomic E-state index is 0.0238. The van der Waals surface area contributed by atoms with Gasteiger partial charge in [0.2, 0.25) is 5.91 Å². The molecule has 0 saturated carbocycles. The summed E-state index contributed by atoms with van der Waals surface area (Å²) in [5, 5.41) is 19.6. The van der Waals surface area contributed by atoms with Crippen LogP contribution in [0.1, 0.15) is 95.2 Å². The number of benzene rings is 2. The first kappa shape index (κ1) is 34.6. The average molecular weight is 660 g/mol. The topological polar surface area (TPSA) is 110 Å². The van der Waals surface area contributed by atoms with Gasteiger partial charge in [0.1, 0.15) is 0 Å². The van der Waals surface area contributed by atoms with Crippen molar-refractivity contribution in [2.24, 2.45) is 5.92 Å². The Bertz CT molecular complexity index is 1640. The molecule has 8 nitrogen and oxygen atoms in total. The molecular weight excluding hydrogens is 610 g/mol. The lowest BCUT2D eigenvalue weighted by molar-refractivity contribution is -0.119. The lowest BCUT2D eigenvalue weighted by Crippen LogP contribution is -2.32. The first-order chi connectivity index (χ1) is 22.9. The van der Waals surface area contributed by atoms with E-state index in [2.05, 4.69) is 21.7 Å². The van der Waals surface area contributed by atoms with Crippen LogP contribution in [0.3, 0.4) is 0 Å². The number of anilines is 2. The van der Waals surface area contributed by atoms with E-state index < -0.39 is 6.09 Å². The molecule has 1 unspecified atom stereocenters. The van der Waals surface area contributed by atoms with Crippen molar-refractivity contribution >= 4 is 56.8 Å². The van der Waals surface area contributed by atoms with E-state index >= 15 is 0 Å². The van der Waals surface area contributed by atoms with E-state index in [4.69, 9.17) is 16.6 Å². The summed E-state index contributed by atoms with van der Waals surface area (Å²) in [7, 11) is 0. The Morgan fingerprint density at radius 2 is 1.72 bits per heavy atom. The van der Waals surface area contributed by atoms with E-state index in [0.29, 0.717) is 24.7 Å². The first-order valence-corrected chi connectivity index (χ1v) is 17.9. The number of carbonyl (C=O) groups is 2. The highest BCUT2D eigenvalue weighted by molar-refractivity contribution is 6.31. The van der Waals surface area contributed by atoms with Crippen LogP contribution in [-0.2, 0) is 17.6 Å². The molecule has 0 aliphatic heterocycles. The summed E-state index contributed by atoms with van der Waals surface area (Å²) in [4.78, 5) is 33.2. The molecule has 0 saturated heterocycles. The number of unbranched alkanes of at least 4 members (excludes halogenated alkanes) is 6. The van der Waals surface area contributed by atoms with Gasteiger partial charge in [0.25, 0.3) is 0 Å². The number of carbonyl (C=O) groups excluding carboxylic acids is 1. The molecule has 47 heavy (non-hydrogen) atoms. The average Bonchev–Trinajstić information content (AvgIpc) is 3.52. The van der Waals surface area contributed by atoms with E-state index in [-0.39, 0.29) is 5.91 Å². The second-order valence-electron chi connectivity index (χ2n) is 13.1. The number of amides is 2. The molecule has 4 N–H and O–H groups in total. The van der Waals surface area contributed by atoms with Gasteiger partial charge in [-0.15, -0.1) is 0 Å². The van der Waals surface area contributed by atoms with Crippen LogP contribution >= 0.6 is 11.6 Å². The number of hydrogen-bond acceptors (Lipinski definition) is 4. The predicted molar refractivity (Wildman–Crippen MR) is 194 cm³/mol. The summed E-state index contributed by atoms with van der Waals surface area (Å²) in [6, 6.07) is 13.7. The zero-order chi connectivity index (χ0) is 33.0. The molecule has 9 heteroatoms. The number of aromatic amines is 1. The molecule has 4 aromatic rings. The van der Waals surface area contributed by atoms with Gasteiger partial charge >= 0.3 is 6.09 Å². The van der Waals surface area contributed by atoms with Crippen molar-refractivity contribution in [2.45, 2.75) is 96.8 Å². The van der Waals surface area contributed by atoms with Crippen molar-refractivity contribution in [3.63, 3.8) is 0 Å². The SMILES string of the molecule is CC(=O)NCCC(CCCCCCCCCNc1c2c(nc3cc(Cl)ccc13)CCCC2)CCN(C(=O)O)c1ccc2[nH]ccc2c1. The minimum Gasteiger partial charge on any atom is -0.465 e. The molecule has 252 valence electrons. The summed E-state index contributed by atoms with van der Waals surface area (Å²) in [6.45, 7) is 3.58. The number of pyridine rings is 1. The zero-order valence-electron chi connectivity index (χ0n) is 27.8. The molecule has 1 atom stereocenters. The normalized spacial score (nSPS) is 13.4. The predicted octanol–water partition coefficient (Wildman–Crippen LogP) is 9.50. The van der Waals surface area contributed by atoms with Crippen LogP contribution in [0, 0.1) is 5.92 Å². The first-order valence-electron chi connectivity index (χ1n) is 17.6. The largest absolute Gasteiger partial charge is 0.465 e. The quantitative estimate of drug-likeness (QED) is 0.0795. The fraction of sp³-hybridized carbons (Fsp3) is 0.500. The highest BCUT2D eigenvalue weighted by Gasteiger charge is 2.19. The van der Waals surface area contributed by atoms with Crippen LogP contribution in [0.5, 0.6) is 0 Å². The molecule has 2 amide bonds. The van der Waals surface area contributed by atoms with E-state index in [1.807, 2.05) is 42.6 Å². The third-order valence-corrected chi connectivity index (χ3v) is 9.82. The molecule has 0 spiro atoms. The van der Waals surface area contributed by atoms with Crippen LogP contribution in [0.4, 0.5) is 16.2 Å².